The Morgan fingerprint density at radius 1 is 1.18 bits per heavy atom. The molecule has 4 aliphatic carbocycles. The predicted octanol–water partition coefficient (Wildman–Crippen LogP) is 4.07. The molecule has 0 aromatic rings. The molecular weight excluding hydrogens is 274 g/mol. The Morgan fingerprint density at radius 3 is 2.73 bits per heavy atom. The van der Waals surface area contributed by atoms with Crippen LogP contribution in [-0.4, -0.2) is 16.3 Å². The summed E-state index contributed by atoms with van der Waals surface area (Å²) in [5.41, 5.74) is 6.87. The molecule has 4 N–H and O–H groups in total. The van der Waals surface area contributed by atoms with E-state index in [9.17, 15) is 10.2 Å². The highest BCUT2D eigenvalue weighted by Gasteiger charge is 2.60. The number of aliphatic hydroxyl groups is 2. The second kappa shape index (κ2) is 4.53. The van der Waals surface area contributed by atoms with E-state index in [0.717, 1.165) is 38.5 Å². The first kappa shape index (κ1) is 14.6. The number of nitrogens with two attached hydrogens (primary N) is 1. The maximum absolute atomic E-state index is 10.4. The van der Waals surface area contributed by atoms with Crippen LogP contribution >= 0.6 is 0 Å². The third-order valence-electron chi connectivity index (χ3n) is 7.90. The lowest BCUT2D eigenvalue weighted by Crippen LogP contribution is -2.59. The summed E-state index contributed by atoms with van der Waals surface area (Å²) in [6, 6.07) is 0.189. The Kier molecular flexibility index (Phi) is 3.01. The maximum Gasteiger partial charge on any atom is 0.0944 e. The smallest absolute Gasteiger partial charge is 0.0944 e. The molecule has 3 heteroatoms. The van der Waals surface area contributed by atoms with E-state index in [4.69, 9.17) is 5.73 Å². The van der Waals surface area contributed by atoms with Crippen LogP contribution in [0.3, 0.4) is 0 Å². The first-order chi connectivity index (χ1) is 10.4. The standard InChI is InChI=1S/C19H29NO2/c1-18-7-5-12(21)9-11(18)10-15(20)17-13-3-4-16(22)19(13,2)8-6-14(17)18/h4,9,11,13-15,17,21-22H,3,5-8,10,20H2,1-2H3/t11?,13-,14-,15-,17-,18-,19-/m0/s1. The lowest BCUT2D eigenvalue weighted by molar-refractivity contribution is -0.0949. The molecule has 3 nitrogen and oxygen atoms in total. The van der Waals surface area contributed by atoms with Gasteiger partial charge in [-0.25, -0.2) is 0 Å². The van der Waals surface area contributed by atoms with E-state index in [1.54, 1.807) is 0 Å². The number of hydrogen-bond acceptors (Lipinski definition) is 3. The van der Waals surface area contributed by atoms with Gasteiger partial charge in [0.1, 0.15) is 0 Å². The van der Waals surface area contributed by atoms with Crippen LogP contribution in [0.5, 0.6) is 0 Å². The van der Waals surface area contributed by atoms with E-state index >= 15 is 0 Å². The van der Waals surface area contributed by atoms with Crippen molar-refractivity contribution in [3.05, 3.63) is 23.7 Å². The maximum atomic E-state index is 10.4. The van der Waals surface area contributed by atoms with E-state index in [1.165, 1.54) is 0 Å². The Labute approximate surface area is 133 Å². The van der Waals surface area contributed by atoms with Gasteiger partial charge in [-0.3, -0.25) is 0 Å². The van der Waals surface area contributed by atoms with E-state index < -0.39 is 0 Å². The highest BCUT2D eigenvalue weighted by Crippen LogP contribution is 2.65. The molecule has 2 fully saturated rings. The first-order valence-corrected chi connectivity index (χ1v) is 8.91. The van der Waals surface area contributed by atoms with Crippen molar-refractivity contribution in [1.29, 1.82) is 0 Å². The molecule has 0 aromatic heterocycles. The van der Waals surface area contributed by atoms with Crippen LogP contribution in [0.1, 0.15) is 52.4 Å². The minimum absolute atomic E-state index is 0.0470. The number of aliphatic hydroxyl groups excluding tert-OH is 2. The van der Waals surface area contributed by atoms with Crippen molar-refractivity contribution in [3.8, 4) is 0 Å². The van der Waals surface area contributed by atoms with Crippen LogP contribution in [0.15, 0.2) is 23.7 Å². The first-order valence-electron chi connectivity index (χ1n) is 8.91. The molecule has 4 aliphatic rings. The van der Waals surface area contributed by atoms with Crippen molar-refractivity contribution in [1.82, 2.24) is 0 Å². The van der Waals surface area contributed by atoms with Crippen LogP contribution in [-0.2, 0) is 0 Å². The highest BCUT2D eigenvalue weighted by molar-refractivity contribution is 5.23. The molecule has 0 bridgehead atoms. The zero-order valence-electron chi connectivity index (χ0n) is 13.8. The molecular formula is C19H29NO2. The minimum Gasteiger partial charge on any atom is -0.513 e. The predicted molar refractivity (Wildman–Crippen MR) is 87.3 cm³/mol. The second-order valence-electron chi connectivity index (χ2n) is 8.74. The zero-order chi connectivity index (χ0) is 15.7. The van der Waals surface area contributed by atoms with Gasteiger partial charge in [-0.05, 0) is 73.3 Å². The third kappa shape index (κ3) is 1.72. The quantitative estimate of drug-likeness (QED) is 0.632. The molecule has 0 spiro atoms. The molecule has 0 amide bonds. The van der Waals surface area contributed by atoms with Gasteiger partial charge in [-0.1, -0.05) is 13.8 Å². The highest BCUT2D eigenvalue weighted by atomic mass is 16.3. The average Bonchev–Trinajstić information content (AvgIpc) is 2.77. The molecule has 4 rings (SSSR count). The second-order valence-corrected chi connectivity index (χ2v) is 8.74. The summed E-state index contributed by atoms with van der Waals surface area (Å²) in [6.07, 6.45) is 10.2. The minimum atomic E-state index is -0.0470. The summed E-state index contributed by atoms with van der Waals surface area (Å²) < 4.78 is 0. The van der Waals surface area contributed by atoms with Crippen molar-refractivity contribution in [2.24, 2.45) is 40.2 Å². The molecule has 0 aromatic carbocycles. The Hall–Kier alpha value is -0.960. The molecule has 7 atom stereocenters. The van der Waals surface area contributed by atoms with Crippen LogP contribution in [0.2, 0.25) is 0 Å². The number of rotatable bonds is 0. The summed E-state index contributed by atoms with van der Waals surface area (Å²) in [5, 5.41) is 20.3. The van der Waals surface area contributed by atoms with Crippen molar-refractivity contribution >= 4 is 0 Å². The van der Waals surface area contributed by atoms with Gasteiger partial charge >= 0.3 is 0 Å². The summed E-state index contributed by atoms with van der Waals surface area (Å²) >= 11 is 0. The summed E-state index contributed by atoms with van der Waals surface area (Å²) in [5.74, 6) is 3.23. The molecule has 122 valence electrons. The van der Waals surface area contributed by atoms with E-state index in [-0.39, 0.29) is 16.9 Å². The van der Waals surface area contributed by atoms with Crippen molar-refractivity contribution in [3.63, 3.8) is 0 Å². The van der Waals surface area contributed by atoms with E-state index in [0.29, 0.717) is 35.2 Å². The fourth-order valence-electron chi connectivity index (χ4n) is 6.45. The normalized spacial score (nSPS) is 53.9. The van der Waals surface area contributed by atoms with Crippen molar-refractivity contribution < 1.29 is 10.2 Å². The third-order valence-corrected chi connectivity index (χ3v) is 7.90. The molecule has 0 aliphatic heterocycles. The SMILES string of the molecule is C[C@]12CCC(O)=CC1C[C@H](N)[C@@H]1[C@@H]2CC[C@]2(C)C(O)=CC[C@@H]12. The molecule has 0 radical (unpaired) electrons. The zero-order valence-corrected chi connectivity index (χ0v) is 13.8. The van der Waals surface area contributed by atoms with Gasteiger partial charge in [-0.15, -0.1) is 0 Å². The molecule has 0 saturated heterocycles. The molecule has 1 unspecified atom stereocenters. The lowest BCUT2D eigenvalue weighted by Gasteiger charge is -2.60. The van der Waals surface area contributed by atoms with Crippen LogP contribution in [0, 0.1) is 34.5 Å². The Morgan fingerprint density at radius 2 is 1.95 bits per heavy atom. The van der Waals surface area contributed by atoms with Crippen molar-refractivity contribution in [2.75, 3.05) is 0 Å². The van der Waals surface area contributed by atoms with Gasteiger partial charge in [0.25, 0.3) is 0 Å². The van der Waals surface area contributed by atoms with E-state index in [2.05, 4.69) is 19.9 Å². The Balaban J connectivity index is 1.71. The monoisotopic (exact) mass is 303 g/mol. The molecule has 22 heavy (non-hydrogen) atoms. The van der Waals surface area contributed by atoms with Crippen LogP contribution < -0.4 is 5.73 Å². The lowest BCUT2D eigenvalue weighted by atomic mass is 9.45. The van der Waals surface area contributed by atoms with Crippen LogP contribution in [0.4, 0.5) is 0 Å². The van der Waals surface area contributed by atoms with Gasteiger partial charge in [0.05, 0.1) is 11.5 Å². The molecule has 2 saturated carbocycles. The Bertz CT molecular complexity index is 554. The number of allylic oxidation sites excluding steroid dienone is 4. The fourth-order valence-corrected chi connectivity index (χ4v) is 6.45. The van der Waals surface area contributed by atoms with E-state index in [1.807, 2.05) is 6.08 Å². The van der Waals surface area contributed by atoms with Gasteiger partial charge in [0, 0.05) is 17.9 Å². The topological polar surface area (TPSA) is 66.5 Å². The van der Waals surface area contributed by atoms with Gasteiger partial charge in [-0.2, -0.15) is 0 Å². The number of fused-ring (bicyclic) bond motifs is 5. The fraction of sp³-hybridized carbons (Fsp3) is 0.789. The largest absolute Gasteiger partial charge is 0.513 e. The van der Waals surface area contributed by atoms with Gasteiger partial charge in [0.2, 0.25) is 0 Å². The van der Waals surface area contributed by atoms with Gasteiger partial charge in [0.15, 0.2) is 0 Å². The summed E-state index contributed by atoms with van der Waals surface area (Å²) in [6.45, 7) is 4.66. The average molecular weight is 303 g/mol. The summed E-state index contributed by atoms with van der Waals surface area (Å²) in [7, 11) is 0. The number of hydrogen-bond donors (Lipinski definition) is 3. The molecule has 0 heterocycles. The summed E-state index contributed by atoms with van der Waals surface area (Å²) in [4.78, 5) is 0. The van der Waals surface area contributed by atoms with Gasteiger partial charge < -0.3 is 15.9 Å². The van der Waals surface area contributed by atoms with Crippen molar-refractivity contribution in [2.45, 2.75) is 58.4 Å². The van der Waals surface area contributed by atoms with Crippen LogP contribution in [0.25, 0.3) is 0 Å².